The number of pyridine rings is 1. The molecule has 1 aromatic heterocycles. The highest BCUT2D eigenvalue weighted by atomic mass is 14.8. The van der Waals surface area contributed by atoms with Crippen LogP contribution in [0.15, 0.2) is 53.5 Å². The van der Waals surface area contributed by atoms with E-state index >= 15 is 0 Å². The smallest absolute Gasteiger partial charge is 0.0892 e. The predicted octanol–water partition coefficient (Wildman–Crippen LogP) is 5.53. The minimum Gasteiger partial charge on any atom is -0.260 e. The van der Waals surface area contributed by atoms with Crippen molar-refractivity contribution in [1.29, 1.82) is 0 Å². The largest absolute Gasteiger partial charge is 0.260 e. The third kappa shape index (κ3) is 4.67. The molecule has 0 saturated carbocycles. The van der Waals surface area contributed by atoms with Gasteiger partial charge in [0.05, 0.1) is 17.1 Å². The maximum absolute atomic E-state index is 4.71. The highest BCUT2D eigenvalue weighted by Crippen LogP contribution is 2.22. The van der Waals surface area contributed by atoms with Gasteiger partial charge in [0, 0.05) is 11.8 Å². The molecule has 0 amide bonds. The lowest BCUT2D eigenvalue weighted by Crippen LogP contribution is -1.93. The maximum atomic E-state index is 4.71. The highest BCUT2D eigenvalue weighted by Gasteiger charge is 2.05. The summed E-state index contributed by atoms with van der Waals surface area (Å²) in [6.45, 7) is 9.98. The van der Waals surface area contributed by atoms with Gasteiger partial charge < -0.3 is 0 Å². The summed E-state index contributed by atoms with van der Waals surface area (Å²) < 4.78 is 0. The summed E-state index contributed by atoms with van der Waals surface area (Å²) in [5.74, 6) is 0. The van der Waals surface area contributed by atoms with E-state index in [0.29, 0.717) is 0 Å². The van der Waals surface area contributed by atoms with E-state index < -0.39 is 0 Å². The molecule has 0 atom stereocenters. The molecular weight excluding hydrogens is 256 g/mol. The van der Waals surface area contributed by atoms with E-state index in [2.05, 4.69) is 36.2 Å². The normalized spacial score (nSPS) is 11.2. The van der Waals surface area contributed by atoms with E-state index in [1.807, 2.05) is 52.0 Å². The molecule has 0 N–H and O–H groups in total. The average Bonchev–Trinajstić information content (AvgIpc) is 2.54. The van der Waals surface area contributed by atoms with E-state index in [9.17, 15) is 0 Å². The third-order valence-electron chi connectivity index (χ3n) is 2.84. The van der Waals surface area contributed by atoms with Gasteiger partial charge in [0.15, 0.2) is 0 Å². The van der Waals surface area contributed by atoms with Gasteiger partial charge in [0.25, 0.3) is 0 Å². The highest BCUT2D eigenvalue weighted by molar-refractivity contribution is 5.73. The molecule has 0 aliphatic carbocycles. The topological polar surface area (TPSA) is 25.2 Å². The van der Waals surface area contributed by atoms with Crippen molar-refractivity contribution in [2.75, 3.05) is 0 Å². The summed E-state index contributed by atoms with van der Waals surface area (Å²) in [6, 6.07) is 14.4. The van der Waals surface area contributed by atoms with Crippen LogP contribution < -0.4 is 0 Å². The SMILES string of the molecule is CC.CC=N/C(=C\C)c1cc(C)cc(-c2ccccc2)n1. The van der Waals surface area contributed by atoms with Crippen LogP contribution >= 0.6 is 0 Å². The van der Waals surface area contributed by atoms with Crippen molar-refractivity contribution < 1.29 is 0 Å². The van der Waals surface area contributed by atoms with E-state index in [1.54, 1.807) is 6.21 Å². The Morgan fingerprint density at radius 1 is 1.05 bits per heavy atom. The van der Waals surface area contributed by atoms with Crippen molar-refractivity contribution in [3.05, 3.63) is 59.8 Å². The zero-order valence-corrected chi connectivity index (χ0v) is 13.6. The Balaban J connectivity index is 0.00000106. The van der Waals surface area contributed by atoms with Crippen LogP contribution in [-0.2, 0) is 0 Å². The molecule has 0 aliphatic heterocycles. The third-order valence-corrected chi connectivity index (χ3v) is 2.84. The summed E-state index contributed by atoms with van der Waals surface area (Å²) in [6.07, 6.45) is 3.78. The number of rotatable bonds is 3. The van der Waals surface area contributed by atoms with Gasteiger partial charge in [-0.1, -0.05) is 50.3 Å². The van der Waals surface area contributed by atoms with Gasteiger partial charge in [0.2, 0.25) is 0 Å². The summed E-state index contributed by atoms with van der Waals surface area (Å²) >= 11 is 0. The number of hydrogen-bond donors (Lipinski definition) is 0. The van der Waals surface area contributed by atoms with Crippen LogP contribution in [-0.4, -0.2) is 11.2 Å². The Morgan fingerprint density at radius 2 is 1.71 bits per heavy atom. The van der Waals surface area contributed by atoms with E-state index in [-0.39, 0.29) is 0 Å². The number of aryl methyl sites for hydroxylation is 1. The molecule has 0 unspecified atom stereocenters. The fraction of sp³-hybridized carbons (Fsp3) is 0.263. The Bertz CT molecular complexity index is 611. The lowest BCUT2D eigenvalue weighted by molar-refractivity contribution is 1.23. The second-order valence-corrected chi connectivity index (χ2v) is 4.34. The first kappa shape index (κ1) is 16.8. The monoisotopic (exact) mass is 280 g/mol. The van der Waals surface area contributed by atoms with Crippen molar-refractivity contribution in [2.45, 2.75) is 34.6 Å². The zero-order valence-electron chi connectivity index (χ0n) is 13.6. The number of aromatic nitrogens is 1. The van der Waals surface area contributed by atoms with Crippen LogP contribution in [0.25, 0.3) is 17.0 Å². The number of hydrogen-bond acceptors (Lipinski definition) is 2. The Kier molecular flexibility index (Phi) is 7.10. The van der Waals surface area contributed by atoms with Gasteiger partial charge in [-0.15, -0.1) is 0 Å². The molecule has 1 aromatic carbocycles. The van der Waals surface area contributed by atoms with Crippen molar-refractivity contribution in [1.82, 2.24) is 4.98 Å². The summed E-state index contributed by atoms with van der Waals surface area (Å²) in [5, 5.41) is 0. The van der Waals surface area contributed by atoms with Crippen LogP contribution in [0.2, 0.25) is 0 Å². The van der Waals surface area contributed by atoms with Crippen LogP contribution in [0.3, 0.4) is 0 Å². The summed E-state index contributed by atoms with van der Waals surface area (Å²) in [4.78, 5) is 9.07. The minimum absolute atomic E-state index is 0.906. The van der Waals surface area contributed by atoms with E-state index in [1.165, 1.54) is 5.56 Å². The first-order chi connectivity index (χ1) is 10.2. The second kappa shape index (κ2) is 8.85. The molecule has 2 rings (SSSR count). The van der Waals surface area contributed by atoms with Gasteiger partial charge in [-0.25, -0.2) is 4.98 Å². The van der Waals surface area contributed by atoms with Crippen LogP contribution in [0.4, 0.5) is 0 Å². The molecule has 2 aromatic rings. The molecule has 0 aliphatic rings. The molecule has 0 saturated heterocycles. The summed E-state index contributed by atoms with van der Waals surface area (Å²) in [7, 11) is 0. The van der Waals surface area contributed by atoms with Gasteiger partial charge in [-0.2, -0.15) is 0 Å². The number of aliphatic imine (C=N–C) groups is 1. The summed E-state index contributed by atoms with van der Waals surface area (Å²) in [5.41, 5.74) is 5.13. The molecule has 2 nitrogen and oxygen atoms in total. The standard InChI is InChI=1S/C17H18N2.C2H6/c1-4-15(18-5-2)17-12-13(3)11-16(19-17)14-9-7-6-8-10-14;1-2/h4-12H,1-3H3;1-2H3/b15-4-,18-5?;. The van der Waals surface area contributed by atoms with E-state index in [0.717, 1.165) is 22.6 Å². The number of benzene rings is 1. The van der Waals surface area contributed by atoms with Gasteiger partial charge >= 0.3 is 0 Å². The minimum atomic E-state index is 0.906. The Morgan fingerprint density at radius 3 is 2.29 bits per heavy atom. The lowest BCUT2D eigenvalue weighted by Gasteiger charge is -2.07. The van der Waals surface area contributed by atoms with Gasteiger partial charge in [0.1, 0.15) is 0 Å². The molecule has 21 heavy (non-hydrogen) atoms. The number of nitrogens with zero attached hydrogens (tertiary/aromatic N) is 2. The van der Waals surface area contributed by atoms with Crippen LogP contribution in [0.1, 0.15) is 39.0 Å². The fourth-order valence-corrected chi connectivity index (χ4v) is 1.98. The molecule has 0 spiro atoms. The Hall–Kier alpha value is -2.22. The van der Waals surface area contributed by atoms with Gasteiger partial charge in [-0.3, -0.25) is 4.99 Å². The first-order valence-corrected chi connectivity index (χ1v) is 7.44. The lowest BCUT2D eigenvalue weighted by atomic mass is 10.1. The maximum Gasteiger partial charge on any atom is 0.0892 e. The molecule has 0 radical (unpaired) electrons. The fourth-order valence-electron chi connectivity index (χ4n) is 1.98. The molecule has 0 fully saturated rings. The van der Waals surface area contributed by atoms with Crippen LogP contribution in [0, 0.1) is 6.92 Å². The van der Waals surface area contributed by atoms with Crippen molar-refractivity contribution in [3.63, 3.8) is 0 Å². The molecule has 0 bridgehead atoms. The van der Waals surface area contributed by atoms with E-state index in [4.69, 9.17) is 4.98 Å². The molecule has 1 heterocycles. The van der Waals surface area contributed by atoms with Crippen LogP contribution in [0.5, 0.6) is 0 Å². The average molecular weight is 280 g/mol. The van der Waals surface area contributed by atoms with Gasteiger partial charge in [-0.05, 0) is 38.5 Å². The number of allylic oxidation sites excluding steroid dienone is 1. The van der Waals surface area contributed by atoms with Crippen molar-refractivity contribution in [2.24, 2.45) is 4.99 Å². The molecule has 110 valence electrons. The molecular formula is C19H24N2. The quantitative estimate of drug-likeness (QED) is 0.678. The predicted molar refractivity (Wildman–Crippen MR) is 93.6 cm³/mol. The second-order valence-electron chi connectivity index (χ2n) is 4.34. The van der Waals surface area contributed by atoms with Crippen molar-refractivity contribution >= 4 is 11.9 Å². The first-order valence-electron chi connectivity index (χ1n) is 7.44. The molecule has 2 heteroatoms. The van der Waals surface area contributed by atoms with Crippen molar-refractivity contribution in [3.8, 4) is 11.3 Å². The zero-order chi connectivity index (χ0) is 15.7. The Labute approximate surface area is 128 Å².